The lowest BCUT2D eigenvalue weighted by molar-refractivity contribution is 0.0999. The number of ether oxygens (including phenoxy) is 1. The van der Waals surface area contributed by atoms with Gasteiger partial charge in [-0.2, -0.15) is 0 Å². The highest BCUT2D eigenvalue weighted by molar-refractivity contribution is 7.14. The molecule has 2 aromatic rings. The highest BCUT2D eigenvalue weighted by Gasteiger charge is 2.25. The number of primary amides is 1. The van der Waals surface area contributed by atoms with Crippen LogP contribution in [0.3, 0.4) is 0 Å². The topological polar surface area (TPSA) is 82.2 Å². The minimum absolute atomic E-state index is 0.376. The Bertz CT molecular complexity index is 716. The molecule has 7 heteroatoms. The fraction of sp³-hybridized carbons (Fsp3) is 0.529. The predicted molar refractivity (Wildman–Crippen MR) is 96.7 cm³/mol. The van der Waals surface area contributed by atoms with Gasteiger partial charge in [-0.1, -0.05) is 12.8 Å². The molecule has 0 unspecified atom stereocenters. The number of thiazole rings is 1. The van der Waals surface area contributed by atoms with Crippen molar-refractivity contribution in [3.8, 4) is 11.4 Å². The maximum Gasteiger partial charge on any atom is 0.250 e. The van der Waals surface area contributed by atoms with Crippen molar-refractivity contribution in [1.29, 1.82) is 0 Å². The second-order valence-electron chi connectivity index (χ2n) is 6.16. The summed E-state index contributed by atoms with van der Waals surface area (Å²) < 4.78 is 7.31. The lowest BCUT2D eigenvalue weighted by Gasteiger charge is -2.18. The van der Waals surface area contributed by atoms with Crippen LogP contribution in [-0.4, -0.2) is 35.7 Å². The minimum Gasteiger partial charge on any atom is -0.383 e. The van der Waals surface area contributed by atoms with Gasteiger partial charge in [-0.15, -0.1) is 11.3 Å². The van der Waals surface area contributed by atoms with E-state index in [9.17, 15) is 4.79 Å². The van der Waals surface area contributed by atoms with E-state index in [0.717, 1.165) is 41.6 Å². The number of aromatic nitrogens is 2. The van der Waals surface area contributed by atoms with Crippen molar-refractivity contribution in [1.82, 2.24) is 9.55 Å². The molecule has 2 aromatic heterocycles. The van der Waals surface area contributed by atoms with Crippen molar-refractivity contribution >= 4 is 22.4 Å². The number of methoxy groups -OCH3 is 1. The molecule has 1 saturated carbocycles. The molecule has 0 aromatic carbocycles. The third kappa shape index (κ3) is 3.32. The van der Waals surface area contributed by atoms with Gasteiger partial charge in [0, 0.05) is 30.8 Å². The molecule has 130 valence electrons. The van der Waals surface area contributed by atoms with E-state index < -0.39 is 0 Å². The van der Waals surface area contributed by atoms with Gasteiger partial charge >= 0.3 is 0 Å². The van der Waals surface area contributed by atoms with Gasteiger partial charge in [0.25, 0.3) is 5.91 Å². The van der Waals surface area contributed by atoms with Gasteiger partial charge in [-0.25, -0.2) is 4.98 Å². The lowest BCUT2D eigenvalue weighted by atomic mass is 10.2. The number of nitrogens with zero attached hydrogens (tertiary/aromatic N) is 2. The Morgan fingerprint density at radius 1 is 1.50 bits per heavy atom. The van der Waals surface area contributed by atoms with Crippen LogP contribution < -0.4 is 11.1 Å². The van der Waals surface area contributed by atoms with E-state index in [-0.39, 0.29) is 5.91 Å². The summed E-state index contributed by atoms with van der Waals surface area (Å²) in [6, 6.07) is 2.32. The van der Waals surface area contributed by atoms with Crippen LogP contribution in [0.4, 0.5) is 5.13 Å². The molecule has 3 rings (SSSR count). The van der Waals surface area contributed by atoms with Crippen molar-refractivity contribution < 1.29 is 9.53 Å². The van der Waals surface area contributed by atoms with Crippen LogP contribution in [0.5, 0.6) is 0 Å². The van der Waals surface area contributed by atoms with Crippen molar-refractivity contribution in [2.24, 2.45) is 5.73 Å². The van der Waals surface area contributed by atoms with E-state index >= 15 is 0 Å². The SMILES string of the molecule is COCCNc1nc(-c2cc(C(N)=O)c(C)n2C2CCCC2)cs1. The highest BCUT2D eigenvalue weighted by Crippen LogP contribution is 2.37. The summed E-state index contributed by atoms with van der Waals surface area (Å²) >= 11 is 1.56. The molecule has 0 atom stereocenters. The van der Waals surface area contributed by atoms with E-state index in [1.165, 1.54) is 12.8 Å². The summed E-state index contributed by atoms with van der Waals surface area (Å²) in [7, 11) is 1.68. The van der Waals surface area contributed by atoms with Crippen LogP contribution in [0.15, 0.2) is 11.4 Å². The van der Waals surface area contributed by atoms with E-state index in [4.69, 9.17) is 10.5 Å². The molecule has 3 N–H and O–H groups in total. The Balaban J connectivity index is 1.94. The summed E-state index contributed by atoms with van der Waals surface area (Å²) in [6.07, 6.45) is 4.75. The van der Waals surface area contributed by atoms with Crippen molar-refractivity contribution in [2.45, 2.75) is 38.6 Å². The normalized spacial score (nSPS) is 15.1. The Morgan fingerprint density at radius 2 is 2.25 bits per heavy atom. The van der Waals surface area contributed by atoms with Crippen LogP contribution in [0.25, 0.3) is 11.4 Å². The summed E-state index contributed by atoms with van der Waals surface area (Å²) in [5, 5.41) is 6.14. The number of anilines is 1. The molecule has 6 nitrogen and oxygen atoms in total. The maximum atomic E-state index is 11.8. The fourth-order valence-electron chi connectivity index (χ4n) is 3.43. The molecular formula is C17H24N4O2S. The summed E-state index contributed by atoms with van der Waals surface area (Å²) in [5.41, 5.74) is 8.99. The van der Waals surface area contributed by atoms with Crippen LogP contribution in [0, 0.1) is 6.92 Å². The Labute approximate surface area is 146 Å². The number of rotatable bonds is 7. The molecule has 0 aliphatic heterocycles. The van der Waals surface area contributed by atoms with Gasteiger partial charge in [0.1, 0.15) is 0 Å². The Hall–Kier alpha value is -1.86. The number of nitrogens with one attached hydrogen (secondary N) is 1. The van der Waals surface area contributed by atoms with Crippen LogP contribution in [0.1, 0.15) is 47.8 Å². The number of carbonyl (C=O) groups excluding carboxylic acids is 1. The molecular weight excluding hydrogens is 324 g/mol. The van der Waals surface area contributed by atoms with Gasteiger partial charge in [0.05, 0.1) is 23.6 Å². The molecule has 0 spiro atoms. The number of carbonyl (C=O) groups is 1. The largest absolute Gasteiger partial charge is 0.383 e. The average Bonchev–Trinajstić information content (AvgIpc) is 3.26. The Morgan fingerprint density at radius 3 is 2.92 bits per heavy atom. The number of nitrogens with two attached hydrogens (primary N) is 1. The van der Waals surface area contributed by atoms with Crippen molar-refractivity contribution in [3.05, 3.63) is 22.7 Å². The van der Waals surface area contributed by atoms with Crippen molar-refractivity contribution in [3.63, 3.8) is 0 Å². The van der Waals surface area contributed by atoms with Crippen molar-refractivity contribution in [2.75, 3.05) is 25.6 Å². The first-order valence-corrected chi connectivity index (χ1v) is 9.20. The monoisotopic (exact) mass is 348 g/mol. The van der Waals surface area contributed by atoms with Gasteiger partial charge in [-0.3, -0.25) is 4.79 Å². The van der Waals surface area contributed by atoms with E-state index in [0.29, 0.717) is 18.2 Å². The highest BCUT2D eigenvalue weighted by atomic mass is 32.1. The first-order valence-electron chi connectivity index (χ1n) is 8.32. The summed E-state index contributed by atoms with van der Waals surface area (Å²) in [5.74, 6) is -0.376. The van der Waals surface area contributed by atoms with E-state index in [2.05, 4.69) is 14.9 Å². The zero-order chi connectivity index (χ0) is 17.1. The van der Waals surface area contributed by atoms with E-state index in [1.54, 1.807) is 18.4 Å². The molecule has 1 aliphatic rings. The van der Waals surface area contributed by atoms with Crippen LogP contribution in [-0.2, 0) is 4.74 Å². The third-order valence-electron chi connectivity index (χ3n) is 4.60. The quantitative estimate of drug-likeness (QED) is 0.753. The first kappa shape index (κ1) is 17.0. The van der Waals surface area contributed by atoms with Gasteiger partial charge in [0.2, 0.25) is 0 Å². The fourth-order valence-corrected chi connectivity index (χ4v) is 4.17. The maximum absolute atomic E-state index is 11.8. The molecule has 2 heterocycles. The van der Waals surface area contributed by atoms with Gasteiger partial charge < -0.3 is 20.4 Å². The third-order valence-corrected chi connectivity index (χ3v) is 5.40. The van der Waals surface area contributed by atoms with Crippen LogP contribution >= 0.6 is 11.3 Å². The molecule has 24 heavy (non-hydrogen) atoms. The molecule has 1 aliphatic carbocycles. The van der Waals surface area contributed by atoms with Crippen LogP contribution in [0.2, 0.25) is 0 Å². The zero-order valence-corrected chi connectivity index (χ0v) is 15.0. The number of hydrogen-bond acceptors (Lipinski definition) is 5. The van der Waals surface area contributed by atoms with Gasteiger partial charge in [-0.05, 0) is 25.8 Å². The second-order valence-corrected chi connectivity index (χ2v) is 7.02. The summed E-state index contributed by atoms with van der Waals surface area (Å²) in [6.45, 7) is 3.34. The van der Waals surface area contributed by atoms with Gasteiger partial charge in [0.15, 0.2) is 5.13 Å². The minimum atomic E-state index is -0.376. The first-order chi connectivity index (χ1) is 11.6. The molecule has 0 saturated heterocycles. The molecule has 1 fully saturated rings. The second kappa shape index (κ2) is 7.36. The number of amides is 1. The average molecular weight is 348 g/mol. The lowest BCUT2D eigenvalue weighted by Crippen LogP contribution is -2.14. The smallest absolute Gasteiger partial charge is 0.250 e. The standard InChI is InChI=1S/C17H24N4O2S/c1-11-13(16(18)22)9-15(21(11)12-5-3-4-6-12)14-10-24-17(20-14)19-7-8-23-2/h9-10,12H,3-8H2,1-2H3,(H2,18,22)(H,19,20). The predicted octanol–water partition coefficient (Wildman–Crippen LogP) is 3.19. The molecule has 0 radical (unpaired) electrons. The zero-order valence-electron chi connectivity index (χ0n) is 14.2. The summed E-state index contributed by atoms with van der Waals surface area (Å²) in [4.78, 5) is 16.5. The molecule has 1 amide bonds. The van der Waals surface area contributed by atoms with E-state index in [1.807, 2.05) is 18.4 Å². The molecule has 0 bridgehead atoms. The number of hydrogen-bond donors (Lipinski definition) is 2. The Kier molecular flexibility index (Phi) is 5.20.